The van der Waals surface area contributed by atoms with E-state index in [9.17, 15) is 18.4 Å². The summed E-state index contributed by atoms with van der Waals surface area (Å²) in [5.74, 6) is -3.15. The lowest BCUT2D eigenvalue weighted by molar-refractivity contribution is -0.128. The average molecular weight is 284 g/mol. The first kappa shape index (κ1) is 16.1. The van der Waals surface area contributed by atoms with Crippen LogP contribution in [0.5, 0.6) is 0 Å². The molecule has 1 aromatic rings. The molecule has 0 bridgehead atoms. The van der Waals surface area contributed by atoms with Gasteiger partial charge in [-0.15, -0.1) is 0 Å². The second-order valence-electron chi connectivity index (χ2n) is 4.76. The van der Waals surface area contributed by atoms with Crippen molar-refractivity contribution < 1.29 is 18.4 Å². The molecular formula is C14H18F2N2O2. The van der Waals surface area contributed by atoms with Gasteiger partial charge < -0.3 is 11.1 Å². The number of carbonyl (C=O) groups excluding carboxylic acids is 2. The van der Waals surface area contributed by atoms with Crippen LogP contribution in [0, 0.1) is 17.6 Å². The predicted molar refractivity (Wildman–Crippen MR) is 70.6 cm³/mol. The summed E-state index contributed by atoms with van der Waals surface area (Å²) in [6.07, 6.45) is 0.538. The maximum absolute atomic E-state index is 13.0. The maximum atomic E-state index is 13.0. The third-order valence-corrected chi connectivity index (χ3v) is 3.18. The van der Waals surface area contributed by atoms with Crippen LogP contribution in [0.4, 0.5) is 8.78 Å². The first-order valence-electron chi connectivity index (χ1n) is 6.37. The molecule has 0 aromatic heterocycles. The number of benzene rings is 1. The van der Waals surface area contributed by atoms with Crippen molar-refractivity contribution in [2.24, 2.45) is 11.7 Å². The summed E-state index contributed by atoms with van der Waals surface area (Å²) in [4.78, 5) is 23.1. The highest BCUT2D eigenvalue weighted by Gasteiger charge is 2.23. The van der Waals surface area contributed by atoms with Crippen molar-refractivity contribution in [1.29, 1.82) is 0 Å². The van der Waals surface area contributed by atoms with Gasteiger partial charge in [-0.25, -0.2) is 8.78 Å². The number of rotatable bonds is 6. The molecule has 0 radical (unpaired) electrons. The van der Waals surface area contributed by atoms with Crippen LogP contribution < -0.4 is 11.1 Å². The lowest BCUT2D eigenvalue weighted by atomic mass is 9.98. The van der Waals surface area contributed by atoms with Gasteiger partial charge in [0.05, 0.1) is 6.42 Å². The van der Waals surface area contributed by atoms with Gasteiger partial charge in [-0.05, 0) is 23.6 Å². The van der Waals surface area contributed by atoms with Crippen LogP contribution >= 0.6 is 0 Å². The lowest BCUT2D eigenvalue weighted by Crippen LogP contribution is -2.48. The highest BCUT2D eigenvalue weighted by atomic mass is 19.2. The topological polar surface area (TPSA) is 72.2 Å². The SMILES string of the molecule is CC[C@H](C)[C@H](NC(=O)Cc1ccc(F)c(F)c1)C(N)=O. The van der Waals surface area contributed by atoms with Crippen LogP contribution in [0.15, 0.2) is 18.2 Å². The van der Waals surface area contributed by atoms with Crippen LogP contribution in [0.3, 0.4) is 0 Å². The number of nitrogens with one attached hydrogen (secondary N) is 1. The van der Waals surface area contributed by atoms with Gasteiger partial charge in [0.15, 0.2) is 11.6 Å². The molecule has 0 saturated carbocycles. The van der Waals surface area contributed by atoms with E-state index in [1.807, 2.05) is 6.92 Å². The van der Waals surface area contributed by atoms with Crippen molar-refractivity contribution in [3.63, 3.8) is 0 Å². The number of halogens is 2. The molecule has 0 fully saturated rings. The molecule has 0 heterocycles. The van der Waals surface area contributed by atoms with Gasteiger partial charge in [0.2, 0.25) is 11.8 Å². The first-order chi connectivity index (χ1) is 9.35. The van der Waals surface area contributed by atoms with Gasteiger partial charge >= 0.3 is 0 Å². The molecule has 2 atom stereocenters. The summed E-state index contributed by atoms with van der Waals surface area (Å²) in [6.45, 7) is 3.68. The van der Waals surface area contributed by atoms with Crippen molar-refractivity contribution in [3.8, 4) is 0 Å². The van der Waals surface area contributed by atoms with E-state index in [1.165, 1.54) is 6.07 Å². The van der Waals surface area contributed by atoms with Crippen LogP contribution in [-0.4, -0.2) is 17.9 Å². The largest absolute Gasteiger partial charge is 0.368 e. The van der Waals surface area contributed by atoms with E-state index in [0.29, 0.717) is 12.0 Å². The predicted octanol–water partition coefficient (Wildman–Crippen LogP) is 1.52. The van der Waals surface area contributed by atoms with E-state index in [1.54, 1.807) is 6.92 Å². The zero-order valence-corrected chi connectivity index (χ0v) is 11.5. The van der Waals surface area contributed by atoms with E-state index in [4.69, 9.17) is 5.73 Å². The molecule has 1 rings (SSSR count). The molecule has 0 saturated heterocycles. The van der Waals surface area contributed by atoms with E-state index in [2.05, 4.69) is 5.32 Å². The molecule has 110 valence electrons. The van der Waals surface area contributed by atoms with E-state index >= 15 is 0 Å². The average Bonchev–Trinajstić information content (AvgIpc) is 2.39. The van der Waals surface area contributed by atoms with Crippen LogP contribution in [0.25, 0.3) is 0 Å². The lowest BCUT2D eigenvalue weighted by Gasteiger charge is -2.21. The van der Waals surface area contributed by atoms with Crippen LogP contribution in [0.2, 0.25) is 0 Å². The number of hydrogen-bond acceptors (Lipinski definition) is 2. The molecule has 3 N–H and O–H groups in total. The Morgan fingerprint density at radius 2 is 1.95 bits per heavy atom. The van der Waals surface area contributed by atoms with Gasteiger partial charge in [0.1, 0.15) is 6.04 Å². The molecule has 0 aliphatic carbocycles. The smallest absolute Gasteiger partial charge is 0.240 e. The van der Waals surface area contributed by atoms with Crippen molar-refractivity contribution in [2.75, 3.05) is 0 Å². The Kier molecular flexibility index (Phi) is 5.61. The minimum Gasteiger partial charge on any atom is -0.368 e. The second-order valence-corrected chi connectivity index (χ2v) is 4.76. The van der Waals surface area contributed by atoms with Crippen molar-refractivity contribution in [3.05, 3.63) is 35.4 Å². The highest BCUT2D eigenvalue weighted by Crippen LogP contribution is 2.11. The summed E-state index contributed by atoms with van der Waals surface area (Å²) < 4.78 is 25.8. The number of amides is 2. The third-order valence-electron chi connectivity index (χ3n) is 3.18. The Morgan fingerprint density at radius 3 is 2.45 bits per heavy atom. The normalized spacial score (nSPS) is 13.6. The number of carbonyl (C=O) groups is 2. The summed E-state index contributed by atoms with van der Waals surface area (Å²) in [5.41, 5.74) is 5.56. The zero-order chi connectivity index (χ0) is 15.3. The molecule has 0 spiro atoms. The highest BCUT2D eigenvalue weighted by molar-refractivity contribution is 5.87. The molecule has 0 aliphatic heterocycles. The second kappa shape index (κ2) is 6.98. The number of nitrogens with two attached hydrogens (primary N) is 1. The molecule has 0 aliphatic rings. The van der Waals surface area contributed by atoms with E-state index < -0.39 is 29.5 Å². The van der Waals surface area contributed by atoms with Crippen molar-refractivity contribution in [1.82, 2.24) is 5.32 Å². The molecule has 2 amide bonds. The Morgan fingerprint density at radius 1 is 1.30 bits per heavy atom. The first-order valence-corrected chi connectivity index (χ1v) is 6.37. The fourth-order valence-corrected chi connectivity index (χ4v) is 1.79. The molecular weight excluding hydrogens is 266 g/mol. The Balaban J connectivity index is 2.70. The monoisotopic (exact) mass is 284 g/mol. The third kappa shape index (κ3) is 4.29. The van der Waals surface area contributed by atoms with Gasteiger partial charge in [-0.1, -0.05) is 26.3 Å². The van der Waals surface area contributed by atoms with Crippen LogP contribution in [-0.2, 0) is 16.0 Å². The molecule has 4 nitrogen and oxygen atoms in total. The maximum Gasteiger partial charge on any atom is 0.240 e. The molecule has 1 aromatic carbocycles. The van der Waals surface area contributed by atoms with Gasteiger partial charge in [0, 0.05) is 0 Å². The standard InChI is InChI=1S/C14H18F2N2O2/c1-3-8(2)13(14(17)20)18-12(19)7-9-4-5-10(15)11(16)6-9/h4-6,8,13H,3,7H2,1-2H3,(H2,17,20)(H,18,19)/t8-,13-/m0/s1. The van der Waals surface area contributed by atoms with Crippen molar-refractivity contribution in [2.45, 2.75) is 32.7 Å². The summed E-state index contributed by atoms with van der Waals surface area (Å²) in [6, 6.07) is 2.47. The van der Waals surface area contributed by atoms with Gasteiger partial charge in [-0.3, -0.25) is 9.59 Å². The Labute approximate surface area is 116 Å². The summed E-state index contributed by atoms with van der Waals surface area (Å²) in [5, 5.41) is 2.52. The Bertz CT molecular complexity index is 506. The minimum absolute atomic E-state index is 0.0959. The summed E-state index contributed by atoms with van der Waals surface area (Å²) in [7, 11) is 0. The molecule has 20 heavy (non-hydrogen) atoms. The quantitative estimate of drug-likeness (QED) is 0.831. The number of primary amides is 1. The molecule has 6 heteroatoms. The van der Waals surface area contributed by atoms with E-state index in [-0.39, 0.29) is 12.3 Å². The van der Waals surface area contributed by atoms with Gasteiger partial charge in [-0.2, -0.15) is 0 Å². The molecule has 0 unspecified atom stereocenters. The Hall–Kier alpha value is -1.98. The fraction of sp³-hybridized carbons (Fsp3) is 0.429. The fourth-order valence-electron chi connectivity index (χ4n) is 1.79. The van der Waals surface area contributed by atoms with E-state index in [0.717, 1.165) is 12.1 Å². The minimum atomic E-state index is -1.01. The number of hydrogen-bond donors (Lipinski definition) is 2. The van der Waals surface area contributed by atoms with Crippen molar-refractivity contribution >= 4 is 11.8 Å². The van der Waals surface area contributed by atoms with Crippen LogP contribution in [0.1, 0.15) is 25.8 Å². The zero-order valence-electron chi connectivity index (χ0n) is 11.5. The van der Waals surface area contributed by atoms with Gasteiger partial charge in [0.25, 0.3) is 0 Å². The summed E-state index contributed by atoms with van der Waals surface area (Å²) >= 11 is 0.